The van der Waals surface area contributed by atoms with Gasteiger partial charge in [0.2, 0.25) is 0 Å². The van der Waals surface area contributed by atoms with Crippen LogP contribution in [-0.2, 0) is 4.79 Å². The molecule has 1 aliphatic rings. The lowest BCUT2D eigenvalue weighted by Gasteiger charge is -2.32. The van der Waals surface area contributed by atoms with Crippen LogP contribution in [-0.4, -0.2) is 30.0 Å². The van der Waals surface area contributed by atoms with E-state index >= 15 is 0 Å². The Kier molecular flexibility index (Phi) is 5.59. The van der Waals surface area contributed by atoms with Crippen LogP contribution in [0.2, 0.25) is 10.0 Å². The number of carbonyl (C=O) groups is 1. The summed E-state index contributed by atoms with van der Waals surface area (Å²) >= 11 is 11.7. The number of fused-ring (bicyclic) bond motifs is 1. The van der Waals surface area contributed by atoms with Crippen LogP contribution in [0.4, 0.5) is 8.78 Å². The van der Waals surface area contributed by atoms with Gasteiger partial charge in [-0.2, -0.15) is 0 Å². The van der Waals surface area contributed by atoms with E-state index in [1.165, 1.54) is 32.1 Å². The summed E-state index contributed by atoms with van der Waals surface area (Å²) in [6.07, 6.45) is 0.157. The van der Waals surface area contributed by atoms with Crippen molar-refractivity contribution >= 4 is 35.2 Å². The summed E-state index contributed by atoms with van der Waals surface area (Å²) in [5.74, 6) is -0.914. The van der Waals surface area contributed by atoms with Crippen molar-refractivity contribution in [2.45, 2.75) is 25.6 Å². The molecule has 1 unspecified atom stereocenters. The molecule has 3 nitrogen and oxygen atoms in total. The van der Waals surface area contributed by atoms with Crippen molar-refractivity contribution in [1.29, 1.82) is 0 Å². The van der Waals surface area contributed by atoms with Gasteiger partial charge < -0.3 is 9.84 Å². The van der Waals surface area contributed by atoms with Crippen LogP contribution in [0, 0.1) is 0 Å². The molecule has 0 bridgehead atoms. The minimum absolute atomic E-state index is 0.154. The number of hydrogen-bond acceptors (Lipinski definition) is 2. The normalized spacial score (nSPS) is 16.9. The van der Waals surface area contributed by atoms with Gasteiger partial charge in [-0.3, -0.25) is 4.39 Å². The number of alkyl halides is 2. The standard InChI is InChI=1S/C13H11Cl2FO3.CH3F/c1-13(2,16)11-7(12(17)18)3-6-4-8(14)9(15)5-10(6)19-11;1-2/h3-5,11H,1-2H3,(H,17,18);1H3. The summed E-state index contributed by atoms with van der Waals surface area (Å²) in [4.78, 5) is 11.2. The molecule has 1 atom stereocenters. The first-order valence-corrected chi connectivity index (χ1v) is 6.63. The molecular weight excluding hydrogens is 325 g/mol. The van der Waals surface area contributed by atoms with E-state index in [4.69, 9.17) is 33.0 Å². The summed E-state index contributed by atoms with van der Waals surface area (Å²) in [5.41, 5.74) is -1.53. The molecule has 7 heteroatoms. The molecule has 0 radical (unpaired) electrons. The molecule has 0 saturated heterocycles. The van der Waals surface area contributed by atoms with E-state index in [0.29, 0.717) is 18.5 Å². The molecule has 0 amide bonds. The number of halogens is 4. The summed E-state index contributed by atoms with van der Waals surface area (Å²) in [6, 6.07) is 2.94. The maximum atomic E-state index is 14.1. The van der Waals surface area contributed by atoms with E-state index < -0.39 is 17.7 Å². The van der Waals surface area contributed by atoms with Crippen molar-refractivity contribution in [3.8, 4) is 5.75 Å². The first-order chi connectivity index (χ1) is 9.70. The number of benzene rings is 1. The van der Waals surface area contributed by atoms with Crippen molar-refractivity contribution in [2.24, 2.45) is 0 Å². The molecule has 2 rings (SSSR count). The molecule has 1 N–H and O–H groups in total. The van der Waals surface area contributed by atoms with Crippen LogP contribution in [0.1, 0.15) is 19.4 Å². The Labute approximate surface area is 131 Å². The van der Waals surface area contributed by atoms with E-state index in [1.54, 1.807) is 0 Å². The molecule has 0 saturated carbocycles. The molecule has 1 heterocycles. The maximum Gasteiger partial charge on any atom is 0.335 e. The highest BCUT2D eigenvalue weighted by Gasteiger charge is 2.40. The summed E-state index contributed by atoms with van der Waals surface area (Å²) in [7, 11) is 0.500. The number of hydrogen-bond donors (Lipinski definition) is 1. The fourth-order valence-electron chi connectivity index (χ4n) is 1.88. The second-order valence-electron chi connectivity index (χ2n) is 4.77. The molecule has 1 aromatic carbocycles. The highest BCUT2D eigenvalue weighted by atomic mass is 35.5. The van der Waals surface area contributed by atoms with Crippen LogP contribution in [0.15, 0.2) is 17.7 Å². The number of ether oxygens (including phenoxy) is 1. The van der Waals surface area contributed by atoms with Gasteiger partial charge in [0.15, 0.2) is 6.10 Å². The van der Waals surface area contributed by atoms with Crippen LogP contribution in [0.5, 0.6) is 5.75 Å². The molecule has 0 fully saturated rings. The lowest BCUT2D eigenvalue weighted by molar-refractivity contribution is -0.134. The molecule has 21 heavy (non-hydrogen) atoms. The zero-order valence-electron chi connectivity index (χ0n) is 11.6. The Morgan fingerprint density at radius 1 is 1.29 bits per heavy atom. The highest BCUT2D eigenvalue weighted by molar-refractivity contribution is 6.42. The minimum Gasteiger partial charge on any atom is -0.481 e. The fraction of sp³-hybridized carbons (Fsp3) is 0.357. The monoisotopic (exact) mass is 338 g/mol. The largest absolute Gasteiger partial charge is 0.481 e. The topological polar surface area (TPSA) is 46.5 Å². The molecule has 1 aromatic rings. The van der Waals surface area contributed by atoms with E-state index in [1.807, 2.05) is 0 Å². The van der Waals surface area contributed by atoms with Crippen molar-refractivity contribution < 1.29 is 23.4 Å². The van der Waals surface area contributed by atoms with Crippen LogP contribution < -0.4 is 4.74 Å². The third kappa shape index (κ3) is 3.86. The van der Waals surface area contributed by atoms with Crippen molar-refractivity contribution in [2.75, 3.05) is 7.18 Å². The number of carboxylic acids is 1. The molecule has 1 aliphatic heterocycles. The third-order valence-corrected chi connectivity index (χ3v) is 3.48. The molecule has 0 aliphatic carbocycles. The predicted octanol–water partition coefficient (Wildman–Crippen LogP) is 4.56. The fourth-order valence-corrected chi connectivity index (χ4v) is 2.20. The van der Waals surface area contributed by atoms with E-state index in [9.17, 15) is 13.6 Å². The van der Waals surface area contributed by atoms with Crippen LogP contribution >= 0.6 is 23.2 Å². The Bertz CT molecular complexity index is 580. The van der Waals surface area contributed by atoms with E-state index in [-0.39, 0.29) is 15.6 Å². The van der Waals surface area contributed by atoms with Crippen molar-refractivity contribution in [1.82, 2.24) is 0 Å². The number of rotatable bonds is 2. The molecule has 0 aromatic heterocycles. The molecular formula is C14H14Cl2F2O3. The van der Waals surface area contributed by atoms with Gasteiger partial charge in [-0.1, -0.05) is 23.2 Å². The van der Waals surface area contributed by atoms with Gasteiger partial charge in [-0.25, -0.2) is 9.18 Å². The Morgan fingerprint density at radius 3 is 2.29 bits per heavy atom. The molecule has 0 spiro atoms. The smallest absolute Gasteiger partial charge is 0.335 e. The Balaban J connectivity index is 0.00000106. The lowest BCUT2D eigenvalue weighted by Crippen LogP contribution is -2.42. The minimum atomic E-state index is -1.84. The van der Waals surface area contributed by atoms with Gasteiger partial charge in [0.05, 0.1) is 22.8 Å². The van der Waals surface area contributed by atoms with Gasteiger partial charge >= 0.3 is 5.97 Å². The summed E-state index contributed by atoms with van der Waals surface area (Å²) in [6.45, 7) is 2.52. The van der Waals surface area contributed by atoms with E-state index in [0.717, 1.165) is 0 Å². The highest BCUT2D eigenvalue weighted by Crippen LogP contribution is 2.39. The predicted molar refractivity (Wildman–Crippen MR) is 78.7 cm³/mol. The SMILES string of the molecule is CC(C)(F)C1Oc2cc(Cl)c(Cl)cc2C=C1C(=O)O.CF. The first kappa shape index (κ1) is 17.7. The first-order valence-electron chi connectivity index (χ1n) is 5.87. The van der Waals surface area contributed by atoms with Gasteiger partial charge in [-0.15, -0.1) is 0 Å². The maximum absolute atomic E-state index is 14.1. The van der Waals surface area contributed by atoms with Gasteiger partial charge in [0, 0.05) is 11.6 Å². The van der Waals surface area contributed by atoms with E-state index in [2.05, 4.69) is 0 Å². The zero-order chi connectivity index (χ0) is 16.4. The van der Waals surface area contributed by atoms with Crippen LogP contribution in [0.3, 0.4) is 0 Å². The lowest BCUT2D eigenvalue weighted by atomic mass is 9.92. The third-order valence-electron chi connectivity index (χ3n) is 2.76. The van der Waals surface area contributed by atoms with Gasteiger partial charge in [0.25, 0.3) is 0 Å². The van der Waals surface area contributed by atoms with Crippen LogP contribution in [0.25, 0.3) is 6.08 Å². The Hall–Kier alpha value is -1.33. The Morgan fingerprint density at radius 2 is 1.81 bits per heavy atom. The quantitative estimate of drug-likeness (QED) is 0.859. The summed E-state index contributed by atoms with van der Waals surface area (Å²) < 4.78 is 29.0. The van der Waals surface area contributed by atoms with Crippen molar-refractivity contribution in [3.63, 3.8) is 0 Å². The zero-order valence-corrected chi connectivity index (χ0v) is 13.1. The second-order valence-corrected chi connectivity index (χ2v) is 5.59. The molecule has 116 valence electrons. The average molecular weight is 339 g/mol. The average Bonchev–Trinajstić information content (AvgIpc) is 2.40. The number of aliphatic carboxylic acids is 1. The summed E-state index contributed by atoms with van der Waals surface area (Å²) in [5, 5.41) is 9.69. The van der Waals surface area contributed by atoms with Crippen molar-refractivity contribution in [3.05, 3.63) is 33.3 Å². The number of carboxylic acid groups (broad SMARTS) is 1. The second kappa shape index (κ2) is 6.62. The van der Waals surface area contributed by atoms with Gasteiger partial charge in [-0.05, 0) is 26.0 Å². The van der Waals surface area contributed by atoms with Gasteiger partial charge in [0.1, 0.15) is 11.4 Å².